The molecule has 33 heavy (non-hydrogen) atoms. The van der Waals surface area contributed by atoms with E-state index in [2.05, 4.69) is 18.3 Å². The topological polar surface area (TPSA) is 93.6 Å². The molecular formula is C25H36N4O3S. The molecule has 0 bridgehead atoms. The van der Waals surface area contributed by atoms with Crippen molar-refractivity contribution in [2.24, 2.45) is 5.92 Å². The van der Waals surface area contributed by atoms with E-state index in [0.717, 1.165) is 50.5 Å². The number of sulfonamides is 1. The SMILES string of the molecule is CC1=CCC(C(=O)NCCc2ccc(S(=O)(=O)N3CCN(C4CCCCC4)C3=N)cc2)CC1. The average molecular weight is 473 g/mol. The van der Waals surface area contributed by atoms with Gasteiger partial charge in [-0.15, -0.1) is 0 Å². The third kappa shape index (κ3) is 5.42. The van der Waals surface area contributed by atoms with Crippen LogP contribution in [0, 0.1) is 11.3 Å². The van der Waals surface area contributed by atoms with Crippen LogP contribution in [0.3, 0.4) is 0 Å². The Labute approximate surface area is 197 Å². The van der Waals surface area contributed by atoms with Crippen LogP contribution in [-0.4, -0.2) is 55.2 Å². The lowest BCUT2D eigenvalue weighted by atomic mass is 9.89. The van der Waals surface area contributed by atoms with Crippen LogP contribution >= 0.6 is 0 Å². The lowest BCUT2D eigenvalue weighted by Crippen LogP contribution is -2.42. The Hall–Kier alpha value is -2.35. The van der Waals surface area contributed by atoms with Crippen molar-refractivity contribution in [3.05, 3.63) is 41.5 Å². The van der Waals surface area contributed by atoms with Crippen LogP contribution < -0.4 is 5.32 Å². The highest BCUT2D eigenvalue weighted by atomic mass is 32.2. The fraction of sp³-hybridized carbons (Fsp3) is 0.600. The highest BCUT2D eigenvalue weighted by Crippen LogP contribution is 2.28. The van der Waals surface area contributed by atoms with E-state index in [4.69, 9.17) is 5.41 Å². The van der Waals surface area contributed by atoms with Crippen molar-refractivity contribution in [2.75, 3.05) is 19.6 Å². The number of benzene rings is 1. The summed E-state index contributed by atoms with van der Waals surface area (Å²) in [6.45, 7) is 3.58. The van der Waals surface area contributed by atoms with Gasteiger partial charge in [-0.25, -0.2) is 12.7 Å². The van der Waals surface area contributed by atoms with Gasteiger partial charge in [0.15, 0.2) is 0 Å². The fourth-order valence-corrected chi connectivity index (χ4v) is 6.56. The number of hydrogen-bond donors (Lipinski definition) is 2. The monoisotopic (exact) mass is 472 g/mol. The average Bonchev–Trinajstić information content (AvgIpc) is 3.22. The molecule has 4 rings (SSSR count). The maximum absolute atomic E-state index is 13.2. The van der Waals surface area contributed by atoms with Gasteiger partial charge < -0.3 is 10.2 Å². The molecule has 1 aliphatic heterocycles. The molecule has 1 heterocycles. The van der Waals surface area contributed by atoms with Crippen LogP contribution in [0.15, 0.2) is 40.8 Å². The Morgan fingerprint density at radius 3 is 2.48 bits per heavy atom. The molecule has 0 radical (unpaired) electrons. The van der Waals surface area contributed by atoms with E-state index in [-0.39, 0.29) is 28.7 Å². The van der Waals surface area contributed by atoms with Gasteiger partial charge in [0.2, 0.25) is 11.9 Å². The summed E-state index contributed by atoms with van der Waals surface area (Å²) in [5, 5.41) is 11.5. The zero-order chi connectivity index (χ0) is 23.4. The summed E-state index contributed by atoms with van der Waals surface area (Å²) in [4.78, 5) is 14.5. The zero-order valence-electron chi connectivity index (χ0n) is 19.6. The first kappa shape index (κ1) is 23.8. The van der Waals surface area contributed by atoms with Gasteiger partial charge in [0.1, 0.15) is 0 Å². The normalized spacial score (nSPS) is 22.4. The standard InChI is InChI=1S/C25H36N4O3S/c1-19-7-11-21(12-8-19)24(30)27-16-15-20-9-13-23(14-10-20)33(31,32)29-18-17-28(25(29)26)22-5-3-2-4-6-22/h7,9-10,13-14,21-22,26H,2-6,8,11-12,15-18H2,1H3,(H,27,30). The quantitative estimate of drug-likeness (QED) is 0.592. The summed E-state index contributed by atoms with van der Waals surface area (Å²) >= 11 is 0. The Kier molecular flexibility index (Phi) is 7.41. The number of carbonyl (C=O) groups excluding carboxylic acids is 1. The van der Waals surface area contributed by atoms with Gasteiger partial charge in [0.05, 0.1) is 11.4 Å². The largest absolute Gasteiger partial charge is 0.356 e. The minimum atomic E-state index is -3.74. The van der Waals surface area contributed by atoms with Crippen molar-refractivity contribution in [3.8, 4) is 0 Å². The number of guanidine groups is 1. The molecule has 8 heteroatoms. The van der Waals surface area contributed by atoms with Crippen LogP contribution in [0.25, 0.3) is 0 Å². The van der Waals surface area contributed by atoms with Crippen molar-refractivity contribution >= 4 is 21.9 Å². The van der Waals surface area contributed by atoms with E-state index in [1.807, 2.05) is 17.0 Å². The number of carbonyl (C=O) groups is 1. The molecule has 1 atom stereocenters. The first-order chi connectivity index (χ1) is 15.9. The first-order valence-electron chi connectivity index (χ1n) is 12.3. The number of allylic oxidation sites excluding steroid dienone is 2. The maximum atomic E-state index is 13.2. The van der Waals surface area contributed by atoms with Gasteiger partial charge in [-0.3, -0.25) is 10.2 Å². The molecule has 180 valence electrons. The number of nitrogens with zero attached hydrogens (tertiary/aromatic N) is 2. The Morgan fingerprint density at radius 1 is 1.09 bits per heavy atom. The number of hydrogen-bond acceptors (Lipinski definition) is 4. The third-order valence-corrected chi connectivity index (χ3v) is 9.10. The van der Waals surface area contributed by atoms with E-state index >= 15 is 0 Å². The number of amides is 1. The van der Waals surface area contributed by atoms with Crippen molar-refractivity contribution in [1.29, 1.82) is 5.41 Å². The molecule has 1 aromatic rings. The van der Waals surface area contributed by atoms with Crippen molar-refractivity contribution in [2.45, 2.75) is 75.6 Å². The number of nitrogens with one attached hydrogen (secondary N) is 2. The van der Waals surface area contributed by atoms with Gasteiger partial charge in [-0.05, 0) is 63.1 Å². The Morgan fingerprint density at radius 2 is 1.82 bits per heavy atom. The summed E-state index contributed by atoms with van der Waals surface area (Å²) < 4.78 is 27.6. The molecular weight excluding hydrogens is 436 g/mol. The molecule has 2 fully saturated rings. The highest BCUT2D eigenvalue weighted by molar-refractivity contribution is 7.89. The molecule has 2 N–H and O–H groups in total. The molecule has 3 aliphatic rings. The highest BCUT2D eigenvalue weighted by Gasteiger charge is 2.38. The molecule has 1 unspecified atom stereocenters. The Balaban J connectivity index is 1.31. The lowest BCUT2D eigenvalue weighted by Gasteiger charge is -2.32. The lowest BCUT2D eigenvalue weighted by molar-refractivity contribution is -0.125. The predicted molar refractivity (Wildman–Crippen MR) is 129 cm³/mol. The summed E-state index contributed by atoms with van der Waals surface area (Å²) in [7, 11) is -3.74. The summed E-state index contributed by atoms with van der Waals surface area (Å²) in [5.41, 5.74) is 2.34. The van der Waals surface area contributed by atoms with Crippen LogP contribution in [0.2, 0.25) is 0 Å². The fourth-order valence-electron chi connectivity index (χ4n) is 5.17. The molecule has 0 aromatic heterocycles. The van der Waals surface area contributed by atoms with Crippen LogP contribution in [-0.2, 0) is 21.2 Å². The second-order valence-electron chi connectivity index (χ2n) is 9.59. The summed E-state index contributed by atoms with van der Waals surface area (Å²) in [6, 6.07) is 7.15. The first-order valence-corrected chi connectivity index (χ1v) is 13.7. The van der Waals surface area contributed by atoms with Gasteiger partial charge >= 0.3 is 0 Å². The molecule has 1 saturated heterocycles. The minimum Gasteiger partial charge on any atom is -0.356 e. The smallest absolute Gasteiger partial charge is 0.266 e. The molecule has 2 aliphatic carbocycles. The molecule has 1 saturated carbocycles. The van der Waals surface area contributed by atoms with Crippen molar-refractivity contribution < 1.29 is 13.2 Å². The van der Waals surface area contributed by atoms with Gasteiger partial charge in [-0.1, -0.05) is 43.0 Å². The summed E-state index contributed by atoms with van der Waals surface area (Å²) in [6.07, 6.45) is 11.1. The van der Waals surface area contributed by atoms with E-state index in [1.165, 1.54) is 16.3 Å². The van der Waals surface area contributed by atoms with Crippen LogP contribution in [0.5, 0.6) is 0 Å². The second kappa shape index (κ2) is 10.3. The van der Waals surface area contributed by atoms with Crippen molar-refractivity contribution in [1.82, 2.24) is 14.5 Å². The molecule has 7 nitrogen and oxygen atoms in total. The predicted octanol–water partition coefficient (Wildman–Crippen LogP) is 3.67. The van der Waals surface area contributed by atoms with Gasteiger partial charge in [0.25, 0.3) is 10.0 Å². The van der Waals surface area contributed by atoms with E-state index in [9.17, 15) is 13.2 Å². The summed E-state index contributed by atoms with van der Waals surface area (Å²) in [5.74, 6) is 0.277. The van der Waals surface area contributed by atoms with Gasteiger partial charge in [0, 0.05) is 25.0 Å². The minimum absolute atomic E-state index is 0.0603. The Bertz CT molecular complexity index is 997. The molecule has 0 spiro atoms. The molecule has 1 aromatic carbocycles. The van der Waals surface area contributed by atoms with E-state index in [0.29, 0.717) is 26.1 Å². The zero-order valence-corrected chi connectivity index (χ0v) is 20.4. The second-order valence-corrected chi connectivity index (χ2v) is 11.5. The van der Waals surface area contributed by atoms with Gasteiger partial charge in [-0.2, -0.15) is 0 Å². The number of rotatable bonds is 7. The van der Waals surface area contributed by atoms with Crippen LogP contribution in [0.4, 0.5) is 0 Å². The van der Waals surface area contributed by atoms with E-state index < -0.39 is 10.0 Å². The maximum Gasteiger partial charge on any atom is 0.266 e. The van der Waals surface area contributed by atoms with E-state index in [1.54, 1.807) is 12.1 Å². The van der Waals surface area contributed by atoms with Crippen LogP contribution in [0.1, 0.15) is 63.9 Å². The molecule has 1 amide bonds. The van der Waals surface area contributed by atoms with Crippen molar-refractivity contribution in [3.63, 3.8) is 0 Å². The third-order valence-electron chi connectivity index (χ3n) is 7.30.